The largest absolute Gasteiger partial charge is 0.387 e. The van der Waals surface area contributed by atoms with Gasteiger partial charge in [0.15, 0.2) is 0 Å². The molecule has 1 aromatic heterocycles. The van der Waals surface area contributed by atoms with Crippen LogP contribution in [0.15, 0.2) is 36.5 Å². The average Bonchev–Trinajstić information content (AvgIpc) is 2.74. The van der Waals surface area contributed by atoms with Crippen LogP contribution >= 0.6 is 0 Å². The molecule has 0 bridgehead atoms. The number of benzene rings is 1. The van der Waals surface area contributed by atoms with Gasteiger partial charge in [0.25, 0.3) is 0 Å². The van der Waals surface area contributed by atoms with E-state index in [4.69, 9.17) is 0 Å². The quantitative estimate of drug-likeness (QED) is 0.875. The Bertz CT molecular complexity index is 490. The topological polar surface area (TPSA) is 38.1 Å². The molecule has 1 unspecified atom stereocenters. The molecule has 0 aliphatic heterocycles. The molecular weight excluding hydrogens is 212 g/mol. The molecule has 1 aromatic carbocycles. The summed E-state index contributed by atoms with van der Waals surface area (Å²) in [4.78, 5) is 0. The molecule has 3 heteroatoms. The van der Waals surface area contributed by atoms with E-state index in [0.29, 0.717) is 0 Å². The van der Waals surface area contributed by atoms with Crippen LogP contribution in [0.2, 0.25) is 0 Å². The third kappa shape index (κ3) is 2.74. The highest BCUT2D eigenvalue weighted by Crippen LogP contribution is 2.19. The molecule has 0 saturated carbocycles. The zero-order chi connectivity index (χ0) is 12.3. The summed E-state index contributed by atoms with van der Waals surface area (Å²) in [5.41, 5.74) is 3.46. The van der Waals surface area contributed by atoms with E-state index in [0.717, 1.165) is 18.5 Å². The maximum Gasteiger partial charge on any atom is 0.0959 e. The van der Waals surface area contributed by atoms with Gasteiger partial charge in [-0.2, -0.15) is 5.10 Å². The van der Waals surface area contributed by atoms with E-state index in [1.54, 1.807) is 10.9 Å². The van der Waals surface area contributed by atoms with Crippen molar-refractivity contribution in [2.45, 2.75) is 25.9 Å². The highest BCUT2D eigenvalue weighted by atomic mass is 16.3. The molecule has 0 aliphatic carbocycles. The van der Waals surface area contributed by atoms with Crippen LogP contribution in [0, 0.1) is 6.92 Å². The first-order chi connectivity index (χ1) is 8.18. The van der Waals surface area contributed by atoms with Gasteiger partial charge in [-0.3, -0.25) is 4.68 Å². The van der Waals surface area contributed by atoms with Crippen molar-refractivity contribution in [1.82, 2.24) is 9.78 Å². The zero-order valence-electron chi connectivity index (χ0n) is 10.3. The summed E-state index contributed by atoms with van der Waals surface area (Å²) in [6, 6.07) is 10.2. The lowest BCUT2D eigenvalue weighted by atomic mass is 10.0. The molecule has 0 radical (unpaired) electrons. The molecule has 1 heterocycles. The van der Waals surface area contributed by atoms with Gasteiger partial charge in [0, 0.05) is 13.2 Å². The summed E-state index contributed by atoms with van der Waals surface area (Å²) in [5.74, 6) is 0. The van der Waals surface area contributed by atoms with Crippen LogP contribution in [-0.4, -0.2) is 14.9 Å². The first-order valence-electron chi connectivity index (χ1n) is 5.89. The molecule has 1 N–H and O–H groups in total. The fraction of sp³-hybridized carbons (Fsp3) is 0.357. The van der Waals surface area contributed by atoms with E-state index < -0.39 is 6.10 Å². The fourth-order valence-corrected chi connectivity index (χ4v) is 2.04. The Morgan fingerprint density at radius 3 is 2.71 bits per heavy atom. The summed E-state index contributed by atoms with van der Waals surface area (Å²) in [7, 11) is 1.85. The van der Waals surface area contributed by atoms with Crippen LogP contribution < -0.4 is 0 Å². The van der Waals surface area contributed by atoms with Gasteiger partial charge < -0.3 is 5.11 Å². The number of nitrogens with zero attached hydrogens (tertiary/aromatic N) is 2. The summed E-state index contributed by atoms with van der Waals surface area (Å²) >= 11 is 0. The summed E-state index contributed by atoms with van der Waals surface area (Å²) in [5, 5.41) is 14.1. The lowest BCUT2D eigenvalue weighted by molar-refractivity contribution is 0.158. The number of rotatable bonds is 4. The molecular formula is C14H18N2O. The Labute approximate surface area is 102 Å². The Hall–Kier alpha value is -1.61. The second-order valence-electron chi connectivity index (χ2n) is 4.36. The molecule has 0 fully saturated rings. The van der Waals surface area contributed by atoms with E-state index in [2.05, 4.69) is 24.2 Å². The molecule has 0 aliphatic rings. The lowest BCUT2D eigenvalue weighted by Gasteiger charge is -2.12. The first-order valence-corrected chi connectivity index (χ1v) is 5.89. The van der Waals surface area contributed by atoms with Crippen molar-refractivity contribution in [2.24, 2.45) is 7.05 Å². The normalized spacial score (nSPS) is 12.6. The molecule has 90 valence electrons. The van der Waals surface area contributed by atoms with E-state index in [9.17, 15) is 5.11 Å². The van der Waals surface area contributed by atoms with E-state index in [-0.39, 0.29) is 0 Å². The van der Waals surface area contributed by atoms with Gasteiger partial charge in [-0.1, -0.05) is 24.3 Å². The van der Waals surface area contributed by atoms with Crippen LogP contribution in [0.1, 0.15) is 29.3 Å². The Morgan fingerprint density at radius 2 is 2.06 bits per heavy atom. The van der Waals surface area contributed by atoms with Crippen LogP contribution in [0.25, 0.3) is 0 Å². The fourth-order valence-electron chi connectivity index (χ4n) is 2.04. The van der Waals surface area contributed by atoms with Gasteiger partial charge in [0.1, 0.15) is 0 Å². The first kappa shape index (κ1) is 11.9. The highest BCUT2D eigenvalue weighted by Gasteiger charge is 2.11. The molecule has 2 aromatic rings. The number of hydrogen-bond acceptors (Lipinski definition) is 2. The van der Waals surface area contributed by atoms with Crippen LogP contribution in [0.5, 0.6) is 0 Å². The average molecular weight is 230 g/mol. The maximum atomic E-state index is 10.1. The standard InChI is InChI=1S/C14H18N2O/c1-11-5-3-4-6-12(11)7-8-14(17)13-9-10-15-16(13)2/h3-6,9-10,14,17H,7-8H2,1-2H3. The number of aliphatic hydroxyl groups excluding tert-OH is 1. The summed E-state index contributed by atoms with van der Waals surface area (Å²) < 4.78 is 1.72. The third-order valence-corrected chi connectivity index (χ3v) is 3.15. The minimum absolute atomic E-state index is 0.442. The van der Waals surface area contributed by atoms with E-state index >= 15 is 0 Å². The molecule has 2 rings (SSSR count). The van der Waals surface area contributed by atoms with Gasteiger partial charge in [0.05, 0.1) is 11.8 Å². The second kappa shape index (κ2) is 5.15. The third-order valence-electron chi connectivity index (χ3n) is 3.15. The van der Waals surface area contributed by atoms with Gasteiger partial charge in [0.2, 0.25) is 0 Å². The molecule has 17 heavy (non-hydrogen) atoms. The van der Waals surface area contributed by atoms with Crippen LogP contribution in [0.4, 0.5) is 0 Å². The number of aromatic nitrogens is 2. The molecule has 1 atom stereocenters. The Morgan fingerprint density at radius 1 is 1.29 bits per heavy atom. The van der Waals surface area contributed by atoms with Gasteiger partial charge >= 0.3 is 0 Å². The van der Waals surface area contributed by atoms with Crippen molar-refractivity contribution in [3.63, 3.8) is 0 Å². The van der Waals surface area contributed by atoms with E-state index in [1.807, 2.05) is 25.2 Å². The lowest BCUT2D eigenvalue weighted by Crippen LogP contribution is -2.06. The van der Waals surface area contributed by atoms with Crippen LogP contribution in [-0.2, 0) is 13.5 Å². The smallest absolute Gasteiger partial charge is 0.0959 e. The highest BCUT2D eigenvalue weighted by molar-refractivity contribution is 5.25. The Kier molecular flexibility index (Phi) is 3.59. The zero-order valence-corrected chi connectivity index (χ0v) is 10.3. The summed E-state index contributed by atoms with van der Waals surface area (Å²) in [6.07, 6.45) is 2.89. The number of aliphatic hydroxyl groups is 1. The van der Waals surface area contributed by atoms with Gasteiger partial charge in [-0.25, -0.2) is 0 Å². The maximum absolute atomic E-state index is 10.1. The van der Waals surface area contributed by atoms with Crippen LogP contribution in [0.3, 0.4) is 0 Å². The van der Waals surface area contributed by atoms with Crippen molar-refractivity contribution in [1.29, 1.82) is 0 Å². The predicted molar refractivity (Wildman–Crippen MR) is 67.7 cm³/mol. The van der Waals surface area contributed by atoms with Crippen molar-refractivity contribution in [2.75, 3.05) is 0 Å². The number of aryl methyl sites for hydroxylation is 3. The van der Waals surface area contributed by atoms with Crippen molar-refractivity contribution >= 4 is 0 Å². The molecule has 3 nitrogen and oxygen atoms in total. The predicted octanol–water partition coefficient (Wildman–Crippen LogP) is 2.39. The molecule has 0 saturated heterocycles. The minimum Gasteiger partial charge on any atom is -0.387 e. The van der Waals surface area contributed by atoms with Gasteiger partial charge in [-0.15, -0.1) is 0 Å². The summed E-state index contributed by atoms with van der Waals surface area (Å²) in [6.45, 7) is 2.10. The SMILES string of the molecule is Cc1ccccc1CCC(O)c1ccnn1C. The van der Waals surface area contributed by atoms with E-state index in [1.165, 1.54) is 11.1 Å². The monoisotopic (exact) mass is 230 g/mol. The number of hydrogen-bond donors (Lipinski definition) is 1. The second-order valence-corrected chi connectivity index (χ2v) is 4.36. The van der Waals surface area contributed by atoms with Crippen molar-refractivity contribution < 1.29 is 5.11 Å². The van der Waals surface area contributed by atoms with Crippen molar-refractivity contribution in [3.8, 4) is 0 Å². The van der Waals surface area contributed by atoms with Crippen molar-refractivity contribution in [3.05, 3.63) is 53.3 Å². The minimum atomic E-state index is -0.442. The Balaban J connectivity index is 2.00. The molecule has 0 amide bonds. The van der Waals surface area contributed by atoms with Gasteiger partial charge in [-0.05, 0) is 37.0 Å². The molecule has 0 spiro atoms.